The van der Waals surface area contributed by atoms with Crippen molar-refractivity contribution in [3.05, 3.63) is 77.9 Å². The van der Waals surface area contributed by atoms with Gasteiger partial charge in [0.25, 0.3) is 10.0 Å². The first-order valence-corrected chi connectivity index (χ1v) is 11.0. The highest BCUT2D eigenvalue weighted by molar-refractivity contribution is 7.93. The maximum Gasteiger partial charge on any atom is 0.265 e. The summed E-state index contributed by atoms with van der Waals surface area (Å²) < 4.78 is 27.9. The molecule has 1 amide bonds. The average Bonchev–Trinajstić information content (AvgIpc) is 2.72. The standard InChI is InChI=1S/C23H22N2O3S/c1-3-17-12-13-21-19(14-17)18-9-5-7-11-22(18)29(27,28)25(21)15-23(26)24-20-10-6-4-8-16(20)2/h4-14H,3,15H2,1-2H3,(H,24,26). The van der Waals surface area contributed by atoms with Gasteiger partial charge in [-0.25, -0.2) is 8.42 Å². The van der Waals surface area contributed by atoms with Crippen LogP contribution in [0.2, 0.25) is 0 Å². The molecule has 0 aliphatic carbocycles. The summed E-state index contributed by atoms with van der Waals surface area (Å²) in [6, 6.07) is 20.1. The number of nitrogens with one attached hydrogen (secondary N) is 1. The van der Waals surface area contributed by atoms with Crippen LogP contribution in [0, 0.1) is 6.92 Å². The molecular weight excluding hydrogens is 384 g/mol. The summed E-state index contributed by atoms with van der Waals surface area (Å²) in [5.41, 5.74) is 4.74. The summed E-state index contributed by atoms with van der Waals surface area (Å²) >= 11 is 0. The molecule has 0 radical (unpaired) electrons. The minimum atomic E-state index is -3.84. The van der Waals surface area contributed by atoms with E-state index in [0.29, 0.717) is 16.9 Å². The van der Waals surface area contributed by atoms with Crippen molar-refractivity contribution in [3.8, 4) is 11.1 Å². The van der Waals surface area contributed by atoms with Crippen LogP contribution in [0.1, 0.15) is 18.1 Å². The first-order chi connectivity index (χ1) is 13.9. The predicted octanol–water partition coefficient (Wildman–Crippen LogP) is 4.37. The maximum absolute atomic E-state index is 13.3. The highest BCUT2D eigenvalue weighted by Gasteiger charge is 2.35. The van der Waals surface area contributed by atoms with E-state index in [0.717, 1.165) is 23.1 Å². The van der Waals surface area contributed by atoms with Gasteiger partial charge in [0.2, 0.25) is 5.91 Å². The molecule has 29 heavy (non-hydrogen) atoms. The highest BCUT2D eigenvalue weighted by Crippen LogP contribution is 2.43. The number of hydrogen-bond donors (Lipinski definition) is 1. The quantitative estimate of drug-likeness (QED) is 0.700. The van der Waals surface area contributed by atoms with Crippen molar-refractivity contribution in [3.63, 3.8) is 0 Å². The number of benzene rings is 3. The Labute approximate surface area is 171 Å². The Morgan fingerprint density at radius 2 is 1.69 bits per heavy atom. The summed E-state index contributed by atoms with van der Waals surface area (Å²) in [5.74, 6) is -0.382. The molecular formula is C23H22N2O3S. The number of aryl methyl sites for hydroxylation is 2. The van der Waals surface area contributed by atoms with Gasteiger partial charge < -0.3 is 5.32 Å². The van der Waals surface area contributed by atoms with Crippen LogP contribution in [0.15, 0.2) is 71.6 Å². The molecule has 0 aromatic heterocycles. The van der Waals surface area contributed by atoms with Crippen LogP contribution in [-0.2, 0) is 21.2 Å². The third-order valence-corrected chi connectivity index (χ3v) is 7.01. The van der Waals surface area contributed by atoms with E-state index < -0.39 is 10.0 Å². The van der Waals surface area contributed by atoms with E-state index in [1.54, 1.807) is 24.3 Å². The first-order valence-electron chi connectivity index (χ1n) is 9.52. The molecule has 0 fully saturated rings. The van der Waals surface area contributed by atoms with Gasteiger partial charge >= 0.3 is 0 Å². The van der Waals surface area contributed by atoms with E-state index in [4.69, 9.17) is 0 Å². The second kappa shape index (κ2) is 7.37. The molecule has 3 aromatic carbocycles. The van der Waals surface area contributed by atoms with E-state index in [2.05, 4.69) is 12.2 Å². The zero-order chi connectivity index (χ0) is 20.6. The Balaban J connectivity index is 1.76. The zero-order valence-electron chi connectivity index (χ0n) is 16.3. The Bertz CT molecular complexity index is 1200. The van der Waals surface area contributed by atoms with Gasteiger partial charge in [-0.1, -0.05) is 49.4 Å². The fraction of sp³-hybridized carbons (Fsp3) is 0.174. The molecule has 1 N–H and O–H groups in total. The van der Waals surface area contributed by atoms with Crippen LogP contribution in [0.5, 0.6) is 0 Å². The summed E-state index contributed by atoms with van der Waals surface area (Å²) in [7, 11) is -3.84. The van der Waals surface area contributed by atoms with E-state index in [1.807, 2.05) is 49.4 Å². The van der Waals surface area contributed by atoms with Crippen molar-refractivity contribution in [1.82, 2.24) is 0 Å². The summed E-state index contributed by atoms with van der Waals surface area (Å²) in [6.45, 7) is 3.66. The third-order valence-electron chi connectivity index (χ3n) is 5.19. The number of para-hydroxylation sites is 1. The molecule has 4 rings (SSSR count). The maximum atomic E-state index is 13.3. The van der Waals surface area contributed by atoms with Crippen molar-refractivity contribution < 1.29 is 13.2 Å². The smallest absolute Gasteiger partial charge is 0.265 e. The number of carbonyl (C=O) groups is 1. The van der Waals surface area contributed by atoms with Crippen molar-refractivity contribution in [2.75, 3.05) is 16.2 Å². The van der Waals surface area contributed by atoms with E-state index in [-0.39, 0.29) is 17.3 Å². The molecule has 1 aliphatic rings. The lowest BCUT2D eigenvalue weighted by molar-refractivity contribution is -0.114. The van der Waals surface area contributed by atoms with Crippen LogP contribution < -0.4 is 9.62 Å². The molecule has 0 bridgehead atoms. The number of nitrogens with zero attached hydrogens (tertiary/aromatic N) is 1. The number of rotatable bonds is 4. The largest absolute Gasteiger partial charge is 0.324 e. The van der Waals surface area contributed by atoms with Gasteiger partial charge in [0.05, 0.1) is 10.6 Å². The monoisotopic (exact) mass is 406 g/mol. The fourth-order valence-electron chi connectivity index (χ4n) is 3.60. The number of sulfonamides is 1. The van der Waals surface area contributed by atoms with Crippen LogP contribution in [0.3, 0.4) is 0 Å². The van der Waals surface area contributed by atoms with E-state index >= 15 is 0 Å². The van der Waals surface area contributed by atoms with Crippen LogP contribution in [0.4, 0.5) is 11.4 Å². The SMILES string of the molecule is CCc1ccc2c(c1)-c1ccccc1S(=O)(=O)N2CC(=O)Nc1ccccc1C. The second-order valence-electron chi connectivity index (χ2n) is 7.08. The number of amides is 1. The third kappa shape index (κ3) is 3.40. The van der Waals surface area contributed by atoms with Crippen LogP contribution >= 0.6 is 0 Å². The predicted molar refractivity (Wildman–Crippen MR) is 116 cm³/mol. The zero-order valence-corrected chi connectivity index (χ0v) is 17.2. The van der Waals surface area contributed by atoms with Gasteiger partial charge in [0, 0.05) is 16.8 Å². The minimum absolute atomic E-state index is 0.226. The fourth-order valence-corrected chi connectivity index (χ4v) is 5.25. The molecule has 3 aromatic rings. The van der Waals surface area contributed by atoms with E-state index in [1.165, 1.54) is 4.31 Å². The van der Waals surface area contributed by atoms with Gasteiger partial charge in [-0.3, -0.25) is 9.10 Å². The normalized spacial score (nSPS) is 14.1. The van der Waals surface area contributed by atoms with Crippen molar-refractivity contribution >= 4 is 27.3 Å². The van der Waals surface area contributed by atoms with Gasteiger partial charge in [0.15, 0.2) is 0 Å². The van der Waals surface area contributed by atoms with Gasteiger partial charge in [-0.05, 0) is 48.7 Å². The molecule has 6 heteroatoms. The van der Waals surface area contributed by atoms with Crippen LogP contribution in [-0.4, -0.2) is 20.9 Å². The molecule has 0 unspecified atom stereocenters. The molecule has 0 saturated carbocycles. The number of fused-ring (bicyclic) bond motifs is 3. The van der Waals surface area contributed by atoms with E-state index in [9.17, 15) is 13.2 Å². The van der Waals surface area contributed by atoms with Crippen LogP contribution in [0.25, 0.3) is 11.1 Å². The Kier molecular flexibility index (Phi) is 4.88. The minimum Gasteiger partial charge on any atom is -0.324 e. The molecule has 5 nitrogen and oxygen atoms in total. The Morgan fingerprint density at radius 3 is 2.45 bits per heavy atom. The second-order valence-corrected chi connectivity index (χ2v) is 8.91. The molecule has 148 valence electrons. The van der Waals surface area contributed by atoms with Gasteiger partial charge in [0.1, 0.15) is 6.54 Å². The average molecular weight is 407 g/mol. The Hall–Kier alpha value is -3.12. The summed E-state index contributed by atoms with van der Waals surface area (Å²) in [4.78, 5) is 13.0. The number of hydrogen-bond acceptors (Lipinski definition) is 3. The number of anilines is 2. The lowest BCUT2D eigenvalue weighted by atomic mass is 9.99. The summed E-state index contributed by atoms with van der Waals surface area (Å²) in [6.07, 6.45) is 0.843. The molecule has 0 spiro atoms. The molecule has 0 saturated heterocycles. The molecule has 1 heterocycles. The van der Waals surface area contributed by atoms with Gasteiger partial charge in [-0.2, -0.15) is 0 Å². The molecule has 1 aliphatic heterocycles. The van der Waals surface area contributed by atoms with Gasteiger partial charge in [-0.15, -0.1) is 0 Å². The Morgan fingerprint density at radius 1 is 0.966 bits per heavy atom. The van der Waals surface area contributed by atoms with Crippen molar-refractivity contribution in [1.29, 1.82) is 0 Å². The topological polar surface area (TPSA) is 66.5 Å². The first kappa shape index (κ1) is 19.2. The summed E-state index contributed by atoms with van der Waals surface area (Å²) in [5, 5.41) is 2.83. The molecule has 0 atom stereocenters. The number of carbonyl (C=O) groups excluding carboxylic acids is 1. The lowest BCUT2D eigenvalue weighted by Gasteiger charge is -2.32. The highest BCUT2D eigenvalue weighted by atomic mass is 32.2. The van der Waals surface area contributed by atoms with Crippen molar-refractivity contribution in [2.45, 2.75) is 25.2 Å². The van der Waals surface area contributed by atoms with Crippen molar-refractivity contribution in [2.24, 2.45) is 0 Å². The lowest BCUT2D eigenvalue weighted by Crippen LogP contribution is -2.40.